The topological polar surface area (TPSA) is 69.6 Å². The number of hydrogen-bond acceptors (Lipinski definition) is 6. The van der Waals surface area contributed by atoms with Crippen molar-refractivity contribution in [3.8, 4) is 11.4 Å². The fourth-order valence-corrected chi connectivity index (χ4v) is 3.64. The highest BCUT2D eigenvalue weighted by molar-refractivity contribution is 7.98. The zero-order valence-electron chi connectivity index (χ0n) is 13.4. The maximum absolute atomic E-state index is 6.16. The van der Waals surface area contributed by atoms with Crippen LogP contribution in [0.4, 0.5) is 0 Å². The van der Waals surface area contributed by atoms with Gasteiger partial charge in [-0.2, -0.15) is 0 Å². The summed E-state index contributed by atoms with van der Waals surface area (Å²) in [7, 11) is 0. The molecule has 120 valence electrons. The van der Waals surface area contributed by atoms with Gasteiger partial charge in [0, 0.05) is 22.4 Å². The lowest BCUT2D eigenvalue weighted by atomic mass is 9.87. The van der Waals surface area contributed by atoms with Gasteiger partial charge in [-0.15, -0.1) is 21.5 Å². The van der Waals surface area contributed by atoms with E-state index >= 15 is 0 Å². The van der Waals surface area contributed by atoms with Gasteiger partial charge in [0.1, 0.15) is 0 Å². The summed E-state index contributed by atoms with van der Waals surface area (Å²) >= 11 is 3.19. The van der Waals surface area contributed by atoms with E-state index in [9.17, 15) is 0 Å². The predicted molar refractivity (Wildman–Crippen MR) is 96.0 cm³/mol. The Hall–Kier alpha value is -1.86. The number of hydrogen-bond donors (Lipinski definition) is 1. The minimum Gasteiger partial charge on any atom is -0.335 e. The van der Waals surface area contributed by atoms with Crippen LogP contribution in [-0.2, 0) is 11.2 Å². The molecule has 0 spiro atoms. The Morgan fingerprint density at radius 1 is 1.17 bits per heavy atom. The lowest BCUT2D eigenvalue weighted by Gasteiger charge is -2.19. The lowest BCUT2D eigenvalue weighted by Crippen LogP contribution is -2.12. The van der Waals surface area contributed by atoms with E-state index in [2.05, 4.69) is 48.1 Å². The largest absolute Gasteiger partial charge is 0.335 e. The van der Waals surface area contributed by atoms with Crippen molar-refractivity contribution in [3.05, 3.63) is 46.4 Å². The van der Waals surface area contributed by atoms with E-state index in [1.807, 2.05) is 23.8 Å². The molecule has 0 fully saturated rings. The summed E-state index contributed by atoms with van der Waals surface area (Å²) in [5, 5.41) is 9.13. The molecule has 2 aromatic heterocycles. The molecule has 7 heteroatoms. The lowest BCUT2D eigenvalue weighted by molar-refractivity contribution is 0.590. The first kappa shape index (κ1) is 16.0. The second-order valence-corrected chi connectivity index (χ2v) is 8.17. The summed E-state index contributed by atoms with van der Waals surface area (Å²) in [4.78, 5) is 5.26. The SMILES string of the molecule is CC(C)(C)c1ccc(-c2nnc(SCc3cncs3)n2N)cc1. The van der Waals surface area contributed by atoms with E-state index in [0.717, 1.165) is 11.3 Å². The highest BCUT2D eigenvalue weighted by atomic mass is 32.2. The number of nitrogens with two attached hydrogens (primary N) is 1. The van der Waals surface area contributed by atoms with Crippen molar-refractivity contribution < 1.29 is 0 Å². The van der Waals surface area contributed by atoms with Gasteiger partial charge >= 0.3 is 0 Å². The Balaban J connectivity index is 1.78. The highest BCUT2D eigenvalue weighted by Crippen LogP contribution is 2.27. The van der Waals surface area contributed by atoms with Gasteiger partial charge in [0.2, 0.25) is 5.16 Å². The molecular formula is C16H19N5S2. The van der Waals surface area contributed by atoms with Crippen LogP contribution in [0.1, 0.15) is 31.2 Å². The number of rotatable bonds is 4. The Morgan fingerprint density at radius 2 is 1.91 bits per heavy atom. The van der Waals surface area contributed by atoms with E-state index in [0.29, 0.717) is 11.0 Å². The molecule has 3 rings (SSSR count). The maximum atomic E-state index is 6.16. The Kier molecular flexibility index (Phi) is 4.41. The van der Waals surface area contributed by atoms with E-state index in [4.69, 9.17) is 5.84 Å². The molecule has 23 heavy (non-hydrogen) atoms. The number of nitrogen functional groups attached to an aromatic ring is 1. The molecule has 3 aromatic rings. The molecule has 2 N–H and O–H groups in total. The average Bonchev–Trinajstić information content (AvgIpc) is 3.14. The smallest absolute Gasteiger partial charge is 0.210 e. The van der Waals surface area contributed by atoms with Gasteiger partial charge in [-0.3, -0.25) is 4.98 Å². The van der Waals surface area contributed by atoms with Gasteiger partial charge in [0.15, 0.2) is 5.82 Å². The Morgan fingerprint density at radius 3 is 2.52 bits per heavy atom. The normalized spacial score (nSPS) is 11.8. The molecular weight excluding hydrogens is 326 g/mol. The van der Waals surface area contributed by atoms with Crippen LogP contribution in [0.25, 0.3) is 11.4 Å². The number of thiazole rings is 1. The van der Waals surface area contributed by atoms with Gasteiger partial charge in [0.25, 0.3) is 0 Å². The fraction of sp³-hybridized carbons (Fsp3) is 0.312. The van der Waals surface area contributed by atoms with E-state index in [-0.39, 0.29) is 5.41 Å². The van der Waals surface area contributed by atoms with Gasteiger partial charge in [-0.05, 0) is 11.0 Å². The molecule has 0 saturated heterocycles. The zero-order valence-corrected chi connectivity index (χ0v) is 15.0. The third-order valence-electron chi connectivity index (χ3n) is 3.50. The summed E-state index contributed by atoms with van der Waals surface area (Å²) < 4.78 is 1.55. The van der Waals surface area contributed by atoms with Crippen molar-refractivity contribution in [2.45, 2.75) is 37.1 Å². The predicted octanol–water partition coefficient (Wildman–Crippen LogP) is 3.71. The van der Waals surface area contributed by atoms with Gasteiger partial charge in [0.05, 0.1) is 5.51 Å². The molecule has 0 saturated carbocycles. The summed E-state index contributed by atoms with van der Waals surface area (Å²) in [6.45, 7) is 6.59. The minimum atomic E-state index is 0.130. The summed E-state index contributed by atoms with van der Waals surface area (Å²) in [6, 6.07) is 8.33. The molecule has 0 atom stereocenters. The molecule has 0 aliphatic heterocycles. The molecule has 2 heterocycles. The van der Waals surface area contributed by atoms with Crippen LogP contribution >= 0.6 is 23.1 Å². The van der Waals surface area contributed by atoms with Crippen molar-refractivity contribution in [2.75, 3.05) is 5.84 Å². The summed E-state index contributed by atoms with van der Waals surface area (Å²) in [5.41, 5.74) is 4.21. The molecule has 0 aliphatic carbocycles. The monoisotopic (exact) mass is 345 g/mol. The third kappa shape index (κ3) is 3.56. The number of benzene rings is 1. The average molecular weight is 345 g/mol. The highest BCUT2D eigenvalue weighted by Gasteiger charge is 2.16. The molecule has 1 aromatic carbocycles. The quantitative estimate of drug-likeness (QED) is 0.577. The van der Waals surface area contributed by atoms with Crippen molar-refractivity contribution in [1.29, 1.82) is 0 Å². The minimum absolute atomic E-state index is 0.130. The van der Waals surface area contributed by atoms with E-state index < -0.39 is 0 Å². The second-order valence-electron chi connectivity index (χ2n) is 6.26. The van der Waals surface area contributed by atoms with Crippen LogP contribution in [-0.4, -0.2) is 19.9 Å². The van der Waals surface area contributed by atoms with Crippen LogP contribution in [0.2, 0.25) is 0 Å². The summed E-state index contributed by atoms with van der Waals surface area (Å²) in [5.74, 6) is 7.63. The molecule has 0 unspecified atom stereocenters. The fourth-order valence-electron chi connectivity index (χ4n) is 2.14. The number of aromatic nitrogens is 4. The second kappa shape index (κ2) is 6.33. The van der Waals surface area contributed by atoms with E-state index in [1.165, 1.54) is 10.4 Å². The first-order valence-corrected chi connectivity index (χ1v) is 9.13. The van der Waals surface area contributed by atoms with E-state index in [1.54, 1.807) is 27.8 Å². The zero-order chi connectivity index (χ0) is 16.4. The molecule has 0 aliphatic rings. The van der Waals surface area contributed by atoms with Crippen molar-refractivity contribution in [2.24, 2.45) is 0 Å². The van der Waals surface area contributed by atoms with Gasteiger partial charge in [-0.25, -0.2) is 4.68 Å². The standard InChI is InChI=1S/C16H19N5S2/c1-16(2,3)12-6-4-11(5-7-12)14-19-20-15(21(14)17)22-9-13-8-18-10-23-13/h4-8,10H,9,17H2,1-3H3. The Labute approximate surface area is 143 Å². The third-order valence-corrected chi connectivity index (χ3v) is 5.45. The van der Waals surface area contributed by atoms with Crippen molar-refractivity contribution in [1.82, 2.24) is 19.9 Å². The van der Waals surface area contributed by atoms with Crippen molar-refractivity contribution >= 4 is 23.1 Å². The molecule has 0 radical (unpaired) electrons. The van der Waals surface area contributed by atoms with Gasteiger partial charge < -0.3 is 5.84 Å². The van der Waals surface area contributed by atoms with Crippen LogP contribution in [0.3, 0.4) is 0 Å². The van der Waals surface area contributed by atoms with Gasteiger partial charge in [-0.1, -0.05) is 56.8 Å². The van der Waals surface area contributed by atoms with Crippen LogP contribution in [0.15, 0.2) is 41.1 Å². The molecule has 0 amide bonds. The van der Waals surface area contributed by atoms with Crippen molar-refractivity contribution in [3.63, 3.8) is 0 Å². The number of thioether (sulfide) groups is 1. The summed E-state index contributed by atoms with van der Waals surface area (Å²) in [6.07, 6.45) is 1.86. The molecule has 0 bridgehead atoms. The number of nitrogens with zero attached hydrogens (tertiary/aromatic N) is 4. The first-order valence-electron chi connectivity index (χ1n) is 7.27. The van der Waals surface area contributed by atoms with Crippen LogP contribution in [0.5, 0.6) is 0 Å². The van der Waals surface area contributed by atoms with Crippen LogP contribution in [0, 0.1) is 0 Å². The molecule has 5 nitrogen and oxygen atoms in total. The Bertz CT molecular complexity index is 770. The first-order chi connectivity index (χ1) is 10.9. The van der Waals surface area contributed by atoms with Crippen LogP contribution < -0.4 is 5.84 Å². The maximum Gasteiger partial charge on any atom is 0.210 e.